The van der Waals surface area contributed by atoms with Gasteiger partial charge in [0.2, 0.25) is 5.91 Å². The van der Waals surface area contributed by atoms with E-state index >= 15 is 0 Å². The monoisotopic (exact) mass is 289 g/mol. The van der Waals surface area contributed by atoms with Gasteiger partial charge in [-0.05, 0) is 13.8 Å². The summed E-state index contributed by atoms with van der Waals surface area (Å²) in [7, 11) is -3.88. The number of carboxylic acids is 1. The largest absolute Gasteiger partial charge is 0.480 e. The third kappa shape index (κ3) is 1.44. The number of sulfone groups is 1. The summed E-state index contributed by atoms with van der Waals surface area (Å²) < 4.78 is 23.1. The molecule has 0 radical (unpaired) electrons. The number of nitrogens with zero attached hydrogens (tertiary/aromatic N) is 1. The minimum Gasteiger partial charge on any atom is -0.480 e. The number of hydrogen-bond acceptors (Lipinski definition) is 5. The molecule has 2 aliphatic rings. The molecule has 0 spiro atoms. The van der Waals surface area contributed by atoms with Gasteiger partial charge in [0.05, 0.1) is 10.9 Å². The molecule has 106 valence electrons. The van der Waals surface area contributed by atoms with Crippen LogP contribution in [0.15, 0.2) is 12.7 Å². The van der Waals surface area contributed by atoms with E-state index in [-0.39, 0.29) is 0 Å². The summed E-state index contributed by atoms with van der Waals surface area (Å²) in [4.78, 5) is 24.0. The van der Waals surface area contributed by atoms with Gasteiger partial charge >= 0.3 is 5.97 Å². The van der Waals surface area contributed by atoms with Crippen molar-refractivity contribution >= 4 is 21.7 Å². The van der Waals surface area contributed by atoms with Crippen molar-refractivity contribution in [3.8, 4) is 0 Å². The zero-order valence-electron chi connectivity index (χ0n) is 10.5. The average molecular weight is 289 g/mol. The highest BCUT2D eigenvalue weighted by Crippen LogP contribution is 2.49. The van der Waals surface area contributed by atoms with Crippen molar-refractivity contribution in [1.82, 2.24) is 4.90 Å². The summed E-state index contributed by atoms with van der Waals surface area (Å²) >= 11 is 0. The van der Waals surface area contributed by atoms with Gasteiger partial charge in [0.1, 0.15) is 17.3 Å². The second-order valence-corrected chi connectivity index (χ2v) is 7.90. The summed E-state index contributed by atoms with van der Waals surface area (Å²) in [5, 5.41) is 17.5. The van der Waals surface area contributed by atoms with E-state index in [1.165, 1.54) is 13.8 Å². The number of β-lactam (4-membered cyclic amide) rings is 1. The average Bonchev–Trinajstić information content (AvgIpc) is 2.43. The van der Waals surface area contributed by atoms with Crippen LogP contribution in [0.1, 0.15) is 13.8 Å². The number of aliphatic hydroxyl groups excluding tert-OH is 1. The van der Waals surface area contributed by atoms with Crippen LogP contribution in [0.2, 0.25) is 0 Å². The van der Waals surface area contributed by atoms with Gasteiger partial charge in [-0.15, -0.1) is 6.58 Å². The zero-order valence-corrected chi connectivity index (χ0v) is 11.3. The molecule has 7 nitrogen and oxygen atoms in total. The van der Waals surface area contributed by atoms with Crippen LogP contribution in [0.25, 0.3) is 0 Å². The van der Waals surface area contributed by atoms with E-state index in [0.717, 1.165) is 11.0 Å². The van der Waals surface area contributed by atoms with Gasteiger partial charge in [-0.1, -0.05) is 6.08 Å². The number of aliphatic carboxylic acids is 1. The highest BCUT2D eigenvalue weighted by molar-refractivity contribution is 7.93. The number of hydrogen-bond donors (Lipinski definition) is 2. The number of carboxylic acid groups (broad SMARTS) is 1. The molecule has 2 rings (SSSR count). The lowest BCUT2D eigenvalue weighted by Crippen LogP contribution is -2.66. The molecular formula is C11H15NO6S. The fourth-order valence-electron chi connectivity index (χ4n) is 2.81. The van der Waals surface area contributed by atoms with Crippen molar-refractivity contribution in [3.05, 3.63) is 12.7 Å². The van der Waals surface area contributed by atoms with E-state index in [0.29, 0.717) is 0 Å². The van der Waals surface area contributed by atoms with Gasteiger partial charge in [0.15, 0.2) is 9.84 Å². The molecule has 4 atom stereocenters. The Kier molecular flexibility index (Phi) is 2.80. The molecule has 1 amide bonds. The van der Waals surface area contributed by atoms with Crippen molar-refractivity contribution < 1.29 is 28.2 Å². The molecule has 8 heteroatoms. The van der Waals surface area contributed by atoms with Gasteiger partial charge in [-0.3, -0.25) is 4.79 Å². The number of fused-ring (bicyclic) bond motifs is 1. The van der Waals surface area contributed by atoms with E-state index in [9.17, 15) is 23.1 Å². The van der Waals surface area contributed by atoms with Gasteiger partial charge in [0.25, 0.3) is 0 Å². The first-order valence-corrected chi connectivity index (χ1v) is 7.22. The Bertz CT molecular complexity index is 566. The number of rotatable bonds is 3. The van der Waals surface area contributed by atoms with Crippen LogP contribution in [0.4, 0.5) is 0 Å². The maximum atomic E-state index is 12.4. The minimum absolute atomic E-state index is 0.668. The number of carbonyl (C=O) groups is 2. The zero-order chi connectivity index (χ0) is 14.7. The lowest BCUT2D eigenvalue weighted by Gasteiger charge is -2.43. The van der Waals surface area contributed by atoms with Crippen molar-refractivity contribution in [2.24, 2.45) is 5.92 Å². The van der Waals surface area contributed by atoms with Gasteiger partial charge in [-0.2, -0.15) is 0 Å². The van der Waals surface area contributed by atoms with Gasteiger partial charge in [-0.25, -0.2) is 13.2 Å². The second-order valence-electron chi connectivity index (χ2n) is 5.28. The van der Waals surface area contributed by atoms with E-state index in [2.05, 4.69) is 6.58 Å². The molecule has 2 unspecified atom stereocenters. The predicted octanol–water partition coefficient (Wildman–Crippen LogP) is -1.02. The minimum atomic E-state index is -3.88. The smallest absolute Gasteiger partial charge is 0.328 e. The first-order chi connectivity index (χ1) is 8.59. The van der Waals surface area contributed by atoms with Gasteiger partial charge in [0, 0.05) is 0 Å². The molecule has 0 bridgehead atoms. The van der Waals surface area contributed by atoms with Crippen molar-refractivity contribution in [1.29, 1.82) is 0 Å². The molecular weight excluding hydrogens is 274 g/mol. The lowest BCUT2D eigenvalue weighted by atomic mass is 9.88. The highest BCUT2D eigenvalue weighted by atomic mass is 32.2. The Morgan fingerprint density at radius 2 is 2.05 bits per heavy atom. The fraction of sp³-hybridized carbons (Fsp3) is 0.636. The molecule has 0 aromatic rings. The van der Waals surface area contributed by atoms with Crippen LogP contribution in [-0.2, 0) is 19.4 Å². The van der Waals surface area contributed by atoms with Crippen LogP contribution in [0.3, 0.4) is 0 Å². The summed E-state index contributed by atoms with van der Waals surface area (Å²) in [5.74, 6) is -3.19. The molecule has 0 aromatic carbocycles. The standard InChI is InChI=1S/C11H15NO6S/c1-4-5(13)6-8(14)12-7(10(15)16)11(2,3)19(17,18)9(6)12/h4-7,9,13H,1H2,2-3H3,(H,15,16)/t5?,6?,7-,9+/m0/s1. The molecule has 2 fully saturated rings. The first kappa shape index (κ1) is 14.0. The summed E-state index contributed by atoms with van der Waals surface area (Å²) in [6.07, 6.45) is -0.219. The third-order valence-corrected chi connectivity index (χ3v) is 6.80. The van der Waals surface area contributed by atoms with Crippen LogP contribution in [0.5, 0.6) is 0 Å². The fourth-order valence-corrected chi connectivity index (χ4v) is 5.14. The van der Waals surface area contributed by atoms with Crippen LogP contribution >= 0.6 is 0 Å². The Morgan fingerprint density at radius 3 is 2.47 bits per heavy atom. The van der Waals surface area contributed by atoms with Crippen LogP contribution in [0, 0.1) is 5.92 Å². The summed E-state index contributed by atoms with van der Waals surface area (Å²) in [6, 6.07) is -1.43. The predicted molar refractivity (Wildman–Crippen MR) is 64.8 cm³/mol. The third-order valence-electron chi connectivity index (χ3n) is 3.95. The molecule has 19 heavy (non-hydrogen) atoms. The summed E-state index contributed by atoms with van der Waals surface area (Å²) in [5.41, 5.74) is 0. The lowest BCUT2D eigenvalue weighted by molar-refractivity contribution is -0.167. The normalized spacial score (nSPS) is 36.3. The SMILES string of the molecule is C=CC(O)C1C(=O)N2[C@@H](C(=O)O)C(C)(C)S(=O)(=O)[C@H]12. The van der Waals surface area contributed by atoms with Gasteiger partial charge < -0.3 is 15.1 Å². The molecule has 2 heterocycles. The summed E-state index contributed by atoms with van der Waals surface area (Å²) in [6.45, 7) is 5.88. The molecule has 0 saturated carbocycles. The van der Waals surface area contributed by atoms with E-state index < -0.39 is 49.9 Å². The molecule has 2 saturated heterocycles. The molecule has 0 aromatic heterocycles. The number of amides is 1. The molecule has 2 N–H and O–H groups in total. The topological polar surface area (TPSA) is 112 Å². The maximum Gasteiger partial charge on any atom is 0.328 e. The van der Waals surface area contributed by atoms with Crippen LogP contribution in [-0.4, -0.2) is 57.7 Å². The Balaban J connectivity index is 2.54. The second kappa shape index (κ2) is 3.80. The van der Waals surface area contributed by atoms with Crippen molar-refractivity contribution in [3.63, 3.8) is 0 Å². The van der Waals surface area contributed by atoms with Crippen molar-refractivity contribution in [2.45, 2.75) is 36.1 Å². The number of aliphatic hydroxyl groups is 1. The Labute approximate surface area is 110 Å². The van der Waals surface area contributed by atoms with Crippen molar-refractivity contribution in [2.75, 3.05) is 0 Å². The Morgan fingerprint density at radius 1 is 1.53 bits per heavy atom. The van der Waals surface area contributed by atoms with E-state index in [1.807, 2.05) is 0 Å². The van der Waals surface area contributed by atoms with E-state index in [1.54, 1.807) is 0 Å². The Hall–Kier alpha value is -1.41. The highest BCUT2D eigenvalue weighted by Gasteiger charge is 2.72. The maximum absolute atomic E-state index is 12.4. The van der Waals surface area contributed by atoms with E-state index in [4.69, 9.17) is 5.11 Å². The van der Waals surface area contributed by atoms with Crippen LogP contribution < -0.4 is 0 Å². The quantitative estimate of drug-likeness (QED) is 0.508. The molecule has 0 aliphatic carbocycles. The molecule has 2 aliphatic heterocycles. The number of carbonyl (C=O) groups excluding carboxylic acids is 1. The first-order valence-electron chi connectivity index (χ1n) is 5.68.